The minimum Gasteiger partial charge on any atom is -0.480 e. The van der Waals surface area contributed by atoms with E-state index in [0.717, 1.165) is 44.2 Å². The highest BCUT2D eigenvalue weighted by molar-refractivity contribution is 5.94. The van der Waals surface area contributed by atoms with Crippen LogP contribution in [0.1, 0.15) is 49.8 Å². The van der Waals surface area contributed by atoms with Crippen molar-refractivity contribution in [3.05, 3.63) is 47.5 Å². The van der Waals surface area contributed by atoms with Crippen LogP contribution in [0.2, 0.25) is 0 Å². The summed E-state index contributed by atoms with van der Waals surface area (Å²) < 4.78 is 32.7. The van der Waals surface area contributed by atoms with Crippen LogP contribution in [0, 0.1) is 5.82 Å². The van der Waals surface area contributed by atoms with E-state index in [2.05, 4.69) is 20.2 Å². The highest BCUT2D eigenvalue weighted by Crippen LogP contribution is 2.41. The minimum atomic E-state index is -0.381. The molecule has 3 aromatic rings. The Hall–Kier alpha value is -3.41. The van der Waals surface area contributed by atoms with Crippen molar-refractivity contribution in [1.29, 1.82) is 0 Å². The van der Waals surface area contributed by atoms with E-state index < -0.39 is 0 Å². The summed E-state index contributed by atoms with van der Waals surface area (Å²) in [5.41, 5.74) is 7.89. The highest BCUT2D eigenvalue weighted by atomic mass is 19.1. The van der Waals surface area contributed by atoms with E-state index in [-0.39, 0.29) is 23.9 Å². The quantitative estimate of drug-likeness (QED) is 0.346. The number of amides is 1. The average Bonchev–Trinajstić information content (AvgIpc) is 2.99. The number of hydrogen-bond donors (Lipinski definition) is 2. The van der Waals surface area contributed by atoms with Crippen LogP contribution in [0.3, 0.4) is 0 Å². The molecule has 11 heteroatoms. The van der Waals surface area contributed by atoms with Gasteiger partial charge in [-0.1, -0.05) is 0 Å². The number of nitrogens with one attached hydrogen (secondary N) is 1. The molecule has 0 atom stereocenters. The van der Waals surface area contributed by atoms with Crippen LogP contribution in [-0.4, -0.2) is 70.3 Å². The van der Waals surface area contributed by atoms with E-state index >= 15 is 4.39 Å². The van der Waals surface area contributed by atoms with E-state index in [1.54, 1.807) is 6.07 Å². The van der Waals surface area contributed by atoms with E-state index in [1.807, 2.05) is 18.2 Å². The zero-order chi connectivity index (χ0) is 27.5. The van der Waals surface area contributed by atoms with Gasteiger partial charge < -0.3 is 25.3 Å². The first-order valence-corrected chi connectivity index (χ1v) is 14.1. The maximum atomic E-state index is 15.3. The Morgan fingerprint density at radius 3 is 2.85 bits per heavy atom. The largest absolute Gasteiger partial charge is 0.480 e. The maximum Gasteiger partial charge on any atom is 0.263 e. The predicted octanol–water partition coefficient (Wildman–Crippen LogP) is 3.37. The molecule has 4 aliphatic rings. The van der Waals surface area contributed by atoms with E-state index in [9.17, 15) is 4.79 Å². The Bertz CT molecular complexity index is 1370. The van der Waals surface area contributed by atoms with Gasteiger partial charge >= 0.3 is 0 Å². The molecule has 0 aromatic carbocycles. The predicted molar refractivity (Wildman–Crippen MR) is 147 cm³/mol. The van der Waals surface area contributed by atoms with E-state index in [1.165, 1.54) is 6.20 Å². The fourth-order valence-corrected chi connectivity index (χ4v) is 5.96. The number of nitrogens with two attached hydrogens (primary N) is 1. The summed E-state index contributed by atoms with van der Waals surface area (Å²) in [4.78, 5) is 27.8. The zero-order valence-electron chi connectivity index (χ0n) is 22.5. The van der Waals surface area contributed by atoms with E-state index in [4.69, 9.17) is 24.9 Å². The number of unbranched alkanes of at least 4 members (excludes halogenated alkanes) is 1. The molecule has 1 saturated carbocycles. The first-order chi connectivity index (χ1) is 19.5. The maximum absolute atomic E-state index is 15.3. The van der Waals surface area contributed by atoms with Gasteiger partial charge in [-0.2, -0.15) is 0 Å². The highest BCUT2D eigenvalue weighted by Gasteiger charge is 2.45. The van der Waals surface area contributed by atoms with Crippen LogP contribution < -0.4 is 20.5 Å². The Morgan fingerprint density at radius 2 is 2.05 bits per heavy atom. The van der Waals surface area contributed by atoms with Crippen LogP contribution in [0.25, 0.3) is 11.0 Å². The Labute approximate surface area is 232 Å². The van der Waals surface area contributed by atoms with Gasteiger partial charge in [0.05, 0.1) is 42.2 Å². The molecule has 10 nitrogen and oxygen atoms in total. The molecular formula is C29H35FN6O4. The van der Waals surface area contributed by atoms with Gasteiger partial charge in [0, 0.05) is 30.3 Å². The average molecular weight is 551 g/mol. The van der Waals surface area contributed by atoms with Crippen molar-refractivity contribution in [2.24, 2.45) is 5.73 Å². The molecule has 212 valence electrons. The minimum absolute atomic E-state index is 0.0122. The number of carbonyl (C=O) groups excluding carboxylic acids is 1. The lowest BCUT2D eigenvalue weighted by Gasteiger charge is -2.52. The molecule has 6 heterocycles. The molecule has 2 saturated heterocycles. The molecule has 3 aliphatic heterocycles. The molecule has 7 rings (SSSR count). The van der Waals surface area contributed by atoms with Crippen molar-refractivity contribution in [2.45, 2.75) is 63.1 Å². The first-order valence-electron chi connectivity index (χ1n) is 14.1. The Balaban J connectivity index is 1.26. The summed E-state index contributed by atoms with van der Waals surface area (Å²) >= 11 is 0. The van der Waals surface area contributed by atoms with Crippen LogP contribution in [0.5, 0.6) is 11.6 Å². The lowest BCUT2D eigenvalue weighted by molar-refractivity contribution is -0.138. The number of aromatic nitrogens is 3. The lowest BCUT2D eigenvalue weighted by atomic mass is 9.76. The summed E-state index contributed by atoms with van der Waals surface area (Å²) in [6.45, 7) is 2.85. The van der Waals surface area contributed by atoms with Crippen LogP contribution in [0.4, 0.5) is 10.2 Å². The van der Waals surface area contributed by atoms with Crippen molar-refractivity contribution < 1.29 is 23.4 Å². The van der Waals surface area contributed by atoms with Crippen LogP contribution >= 0.6 is 0 Å². The van der Waals surface area contributed by atoms with Gasteiger partial charge in [-0.15, -0.1) is 0 Å². The van der Waals surface area contributed by atoms with Gasteiger partial charge in [-0.25, -0.2) is 14.4 Å². The molecule has 0 radical (unpaired) electrons. The Morgan fingerprint density at radius 1 is 1.18 bits per heavy atom. The van der Waals surface area contributed by atoms with Crippen molar-refractivity contribution in [1.82, 2.24) is 19.9 Å². The second-order valence-corrected chi connectivity index (χ2v) is 10.8. The number of carbonyl (C=O) groups is 1. The fraction of sp³-hybridized carbons (Fsp3) is 0.517. The van der Waals surface area contributed by atoms with Crippen molar-refractivity contribution in [2.75, 3.05) is 38.2 Å². The molecule has 3 aromatic heterocycles. The summed E-state index contributed by atoms with van der Waals surface area (Å²) in [6.07, 6.45) is 7.78. The van der Waals surface area contributed by atoms with Crippen molar-refractivity contribution in [3.8, 4) is 11.6 Å². The summed E-state index contributed by atoms with van der Waals surface area (Å²) in [7, 11) is 0. The molecule has 0 spiro atoms. The van der Waals surface area contributed by atoms with Crippen molar-refractivity contribution in [3.63, 3.8) is 0 Å². The molecule has 3 fully saturated rings. The summed E-state index contributed by atoms with van der Waals surface area (Å²) in [6, 6.07) is 7.36. The van der Waals surface area contributed by atoms with Crippen LogP contribution in [-0.2, 0) is 22.5 Å². The van der Waals surface area contributed by atoms with Gasteiger partial charge in [0.1, 0.15) is 5.82 Å². The molecule has 3 N–H and O–H groups in total. The fourth-order valence-electron chi connectivity index (χ4n) is 5.96. The lowest BCUT2D eigenvalue weighted by Crippen LogP contribution is -2.59. The summed E-state index contributed by atoms with van der Waals surface area (Å²) in [5, 5.41) is 2.80. The number of halogens is 1. The smallest absolute Gasteiger partial charge is 0.263 e. The second kappa shape index (κ2) is 11.6. The third-order valence-corrected chi connectivity index (χ3v) is 8.23. The van der Waals surface area contributed by atoms with Gasteiger partial charge in [-0.05, 0) is 69.7 Å². The van der Waals surface area contributed by atoms with Gasteiger partial charge in [0.15, 0.2) is 18.2 Å². The number of fused-ring (bicyclic) bond motifs is 5. The van der Waals surface area contributed by atoms with Crippen LogP contribution in [0.15, 0.2) is 30.5 Å². The Kier molecular flexibility index (Phi) is 7.77. The first kappa shape index (κ1) is 26.8. The number of pyridine rings is 3. The third kappa shape index (κ3) is 5.59. The number of rotatable bonds is 11. The standard InChI is InChI=1S/C29H35FN6O4/c30-22-15-32-23-4-6-26(38-14-2-1-12-31)35-27(23)21(22)9-13-36(29-10-7-20(8-11-29)40-18-29)16-19-3-5-24-28(33-19)34-25(37)17-39-24/h3-6,15,20H,1-2,7-14,16-18,31H2,(H,33,34,37). The SMILES string of the molecule is NCCCCOc1ccc2ncc(F)c(CCN(Cc3ccc4c(n3)NC(=O)CO4)C34CCC(CC3)OC4)c2n1. The molecule has 0 unspecified atom stereocenters. The molecule has 2 bridgehead atoms. The molecule has 1 aliphatic carbocycles. The van der Waals surface area contributed by atoms with E-state index in [0.29, 0.717) is 79.4 Å². The third-order valence-electron chi connectivity index (χ3n) is 8.23. The molecule has 40 heavy (non-hydrogen) atoms. The van der Waals surface area contributed by atoms with Crippen molar-refractivity contribution >= 4 is 22.8 Å². The van der Waals surface area contributed by atoms with Gasteiger partial charge in [-0.3, -0.25) is 14.7 Å². The normalized spacial score (nSPS) is 21.8. The van der Waals surface area contributed by atoms with Gasteiger partial charge in [0.2, 0.25) is 5.88 Å². The topological polar surface area (TPSA) is 125 Å². The van der Waals surface area contributed by atoms with Gasteiger partial charge in [0.25, 0.3) is 5.91 Å². The molecular weight excluding hydrogens is 515 g/mol. The number of anilines is 1. The summed E-state index contributed by atoms with van der Waals surface area (Å²) in [5.74, 6) is 0.848. The monoisotopic (exact) mass is 550 g/mol. The number of nitrogens with zero attached hydrogens (tertiary/aromatic N) is 4. The molecule has 1 amide bonds. The zero-order valence-corrected chi connectivity index (χ0v) is 22.5. The number of hydrogen-bond acceptors (Lipinski definition) is 9. The second-order valence-electron chi connectivity index (χ2n) is 10.8. The number of ether oxygens (including phenoxy) is 3.